The highest BCUT2D eigenvalue weighted by atomic mass is 32.2. The summed E-state index contributed by atoms with van der Waals surface area (Å²) in [7, 11) is -2.92. The van der Waals surface area contributed by atoms with E-state index in [0.29, 0.717) is 6.42 Å². The quantitative estimate of drug-likeness (QED) is 0.702. The molecule has 0 aromatic heterocycles. The van der Waals surface area contributed by atoms with Gasteiger partial charge in [0.1, 0.15) is 0 Å². The normalized spacial score (nSPS) is 31.3. The van der Waals surface area contributed by atoms with Gasteiger partial charge in [-0.1, -0.05) is 45.9 Å². The second-order valence-electron chi connectivity index (χ2n) is 9.70. The van der Waals surface area contributed by atoms with Gasteiger partial charge in [0.15, 0.2) is 9.84 Å². The Kier molecular flexibility index (Phi) is 3.62. The van der Waals surface area contributed by atoms with Crippen LogP contribution < -0.4 is 0 Å². The molecule has 4 rings (SSSR count). The smallest absolute Gasteiger partial charge is 0.159 e. The molecule has 2 aliphatic heterocycles. The van der Waals surface area contributed by atoms with E-state index >= 15 is 0 Å². The number of fused-ring (bicyclic) bond motifs is 3. The minimum atomic E-state index is -2.92. The highest BCUT2D eigenvalue weighted by Gasteiger charge is 2.44. The monoisotopic (exact) mass is 358 g/mol. The average molecular weight is 359 g/mol. The molecule has 2 unspecified atom stereocenters. The van der Waals surface area contributed by atoms with Crippen LogP contribution in [0.2, 0.25) is 0 Å². The first-order chi connectivity index (χ1) is 11.5. The minimum Gasteiger partial charge on any atom is -0.228 e. The molecule has 0 radical (unpaired) electrons. The topological polar surface area (TPSA) is 34.1 Å². The fourth-order valence-corrected chi connectivity index (χ4v) is 7.32. The van der Waals surface area contributed by atoms with Gasteiger partial charge in [-0.3, -0.25) is 0 Å². The lowest BCUT2D eigenvalue weighted by molar-refractivity contribution is 0.331. The summed E-state index contributed by atoms with van der Waals surface area (Å²) < 4.78 is 24.8. The molecule has 1 fully saturated rings. The minimum absolute atomic E-state index is 0.155. The summed E-state index contributed by atoms with van der Waals surface area (Å²) in [6.45, 7) is 11.6. The standard InChI is InChI=1S/C22H30O2S/c1-14-10-19-20(22(4,5)9-8-21(19,2)3)13-18(14)15-11-16-6-7-17(12-15)25(16,23)24/h10-11,13,16-17H,6-9,12H2,1-5H3. The zero-order chi connectivity index (χ0) is 18.2. The molecule has 1 aromatic rings. The molecule has 2 heterocycles. The Bertz CT molecular complexity index is 872. The Labute approximate surface area is 152 Å². The molecule has 0 N–H and O–H groups in total. The molecule has 2 nitrogen and oxygen atoms in total. The lowest BCUT2D eigenvalue weighted by Gasteiger charge is -2.42. The van der Waals surface area contributed by atoms with Crippen molar-refractivity contribution in [2.24, 2.45) is 0 Å². The van der Waals surface area contributed by atoms with Crippen molar-refractivity contribution in [3.05, 3.63) is 40.5 Å². The lowest BCUT2D eigenvalue weighted by atomic mass is 9.62. The van der Waals surface area contributed by atoms with Gasteiger partial charge < -0.3 is 0 Å². The van der Waals surface area contributed by atoms with E-state index in [9.17, 15) is 8.42 Å². The van der Waals surface area contributed by atoms with Gasteiger partial charge in [-0.2, -0.15) is 0 Å². The van der Waals surface area contributed by atoms with Crippen molar-refractivity contribution in [2.45, 2.75) is 88.1 Å². The van der Waals surface area contributed by atoms with Gasteiger partial charge in [-0.15, -0.1) is 0 Å². The fraction of sp³-hybridized carbons (Fsp3) is 0.636. The zero-order valence-corrected chi connectivity index (χ0v) is 17.0. The van der Waals surface area contributed by atoms with Gasteiger partial charge in [0.25, 0.3) is 0 Å². The molecule has 25 heavy (non-hydrogen) atoms. The first-order valence-corrected chi connectivity index (χ1v) is 11.2. The van der Waals surface area contributed by atoms with Gasteiger partial charge >= 0.3 is 0 Å². The highest BCUT2D eigenvalue weighted by Crippen LogP contribution is 2.48. The Morgan fingerprint density at radius 2 is 1.56 bits per heavy atom. The first kappa shape index (κ1) is 17.3. The summed E-state index contributed by atoms with van der Waals surface area (Å²) in [5.74, 6) is 0. The molecule has 1 aromatic carbocycles. The van der Waals surface area contributed by atoms with E-state index < -0.39 is 9.84 Å². The Morgan fingerprint density at radius 1 is 0.960 bits per heavy atom. The largest absolute Gasteiger partial charge is 0.228 e. The lowest BCUT2D eigenvalue weighted by Crippen LogP contribution is -2.34. The van der Waals surface area contributed by atoms with Crippen molar-refractivity contribution in [3.8, 4) is 0 Å². The van der Waals surface area contributed by atoms with Crippen molar-refractivity contribution in [1.29, 1.82) is 0 Å². The van der Waals surface area contributed by atoms with E-state index in [1.165, 1.54) is 40.7 Å². The summed E-state index contributed by atoms with van der Waals surface area (Å²) >= 11 is 0. The van der Waals surface area contributed by atoms with E-state index in [1.807, 2.05) is 0 Å². The summed E-state index contributed by atoms with van der Waals surface area (Å²) in [6, 6.07) is 4.78. The molecule has 136 valence electrons. The maximum Gasteiger partial charge on any atom is 0.159 e. The third-order valence-corrected chi connectivity index (χ3v) is 9.59. The van der Waals surface area contributed by atoms with Crippen molar-refractivity contribution in [3.63, 3.8) is 0 Å². The van der Waals surface area contributed by atoms with Crippen LogP contribution in [0.3, 0.4) is 0 Å². The molecule has 2 bridgehead atoms. The summed E-state index contributed by atoms with van der Waals surface area (Å²) in [4.78, 5) is 0. The number of hydrogen-bond donors (Lipinski definition) is 0. The number of aryl methyl sites for hydroxylation is 1. The van der Waals surface area contributed by atoms with E-state index in [2.05, 4.69) is 52.8 Å². The number of sulfone groups is 1. The van der Waals surface area contributed by atoms with Gasteiger partial charge in [-0.25, -0.2) is 8.42 Å². The second-order valence-corrected chi connectivity index (χ2v) is 12.2. The van der Waals surface area contributed by atoms with Crippen LogP contribution in [0.4, 0.5) is 0 Å². The summed E-state index contributed by atoms with van der Waals surface area (Å²) in [5.41, 5.74) is 7.21. The predicted molar refractivity (Wildman–Crippen MR) is 105 cm³/mol. The zero-order valence-electron chi connectivity index (χ0n) is 16.1. The van der Waals surface area contributed by atoms with E-state index in [1.54, 1.807) is 0 Å². The number of benzene rings is 1. The van der Waals surface area contributed by atoms with Crippen molar-refractivity contribution in [1.82, 2.24) is 0 Å². The van der Waals surface area contributed by atoms with Crippen LogP contribution in [0.5, 0.6) is 0 Å². The van der Waals surface area contributed by atoms with E-state index in [4.69, 9.17) is 0 Å². The Hall–Kier alpha value is -1.09. The molecule has 3 aliphatic rings. The van der Waals surface area contributed by atoms with Crippen molar-refractivity contribution in [2.75, 3.05) is 0 Å². The van der Waals surface area contributed by atoms with Crippen molar-refractivity contribution >= 4 is 15.4 Å². The van der Waals surface area contributed by atoms with Crippen LogP contribution in [0.1, 0.15) is 82.1 Å². The Balaban J connectivity index is 1.86. The number of rotatable bonds is 1. The number of hydrogen-bond acceptors (Lipinski definition) is 2. The van der Waals surface area contributed by atoms with Crippen LogP contribution in [0.15, 0.2) is 18.2 Å². The van der Waals surface area contributed by atoms with Gasteiger partial charge in [0, 0.05) is 0 Å². The van der Waals surface area contributed by atoms with Crippen molar-refractivity contribution < 1.29 is 8.42 Å². The maximum absolute atomic E-state index is 12.4. The van der Waals surface area contributed by atoms with Crippen LogP contribution >= 0.6 is 0 Å². The molecule has 0 amide bonds. The van der Waals surface area contributed by atoms with Gasteiger partial charge in [0.05, 0.1) is 10.5 Å². The van der Waals surface area contributed by atoms with Crippen LogP contribution in [-0.4, -0.2) is 18.9 Å². The number of allylic oxidation sites excluding steroid dienone is 1. The Morgan fingerprint density at radius 3 is 2.16 bits per heavy atom. The van der Waals surface area contributed by atoms with Gasteiger partial charge in [-0.05, 0) is 77.7 Å². The van der Waals surface area contributed by atoms with E-state index in [-0.39, 0.29) is 21.3 Å². The van der Waals surface area contributed by atoms with Crippen LogP contribution in [-0.2, 0) is 20.7 Å². The molecule has 1 aliphatic carbocycles. The predicted octanol–water partition coefficient (Wildman–Crippen LogP) is 5.08. The summed E-state index contributed by atoms with van der Waals surface area (Å²) in [5, 5.41) is -0.404. The van der Waals surface area contributed by atoms with Gasteiger partial charge in [0.2, 0.25) is 0 Å². The fourth-order valence-electron chi connectivity index (χ4n) is 5.13. The average Bonchev–Trinajstić information content (AvgIpc) is 2.70. The maximum atomic E-state index is 12.4. The molecular formula is C22H30O2S. The molecule has 2 atom stereocenters. The first-order valence-electron chi connectivity index (χ1n) is 9.62. The van der Waals surface area contributed by atoms with E-state index in [0.717, 1.165) is 12.8 Å². The molecule has 0 saturated carbocycles. The summed E-state index contributed by atoms with van der Waals surface area (Å²) in [6.07, 6.45) is 6.82. The second kappa shape index (κ2) is 5.22. The molecular weight excluding hydrogens is 328 g/mol. The highest BCUT2D eigenvalue weighted by molar-refractivity contribution is 7.93. The van der Waals surface area contributed by atoms with Crippen LogP contribution in [0, 0.1) is 6.92 Å². The molecule has 0 spiro atoms. The molecule has 1 saturated heterocycles. The third kappa shape index (κ3) is 2.53. The third-order valence-electron chi connectivity index (χ3n) is 7.04. The molecule has 3 heteroatoms. The SMILES string of the molecule is Cc1cc2c(cc1C1=CC3CCC(C1)S3(=O)=O)C(C)(C)CCC2(C)C. The van der Waals surface area contributed by atoms with Crippen LogP contribution in [0.25, 0.3) is 5.57 Å².